The van der Waals surface area contributed by atoms with Gasteiger partial charge >= 0.3 is 12.9 Å². The number of alkyl halides is 5. The summed E-state index contributed by atoms with van der Waals surface area (Å²) in [5.41, 5.74) is -0.804. The highest BCUT2D eigenvalue weighted by molar-refractivity contribution is 5.98. The predicted molar refractivity (Wildman–Crippen MR) is 92.1 cm³/mol. The summed E-state index contributed by atoms with van der Waals surface area (Å²) >= 11 is 0. The zero-order chi connectivity index (χ0) is 24.4. The molecule has 2 aromatic heterocycles. The summed E-state index contributed by atoms with van der Waals surface area (Å²) in [5, 5.41) is 14.6. The lowest BCUT2D eigenvalue weighted by Gasteiger charge is -2.15. The van der Waals surface area contributed by atoms with Gasteiger partial charge in [0, 0.05) is 16.7 Å². The number of nitrogens with one attached hydrogen (secondary N) is 2. The highest BCUT2D eigenvalue weighted by atomic mass is 19.4. The van der Waals surface area contributed by atoms with Crippen LogP contribution in [0.4, 0.5) is 33.3 Å². The summed E-state index contributed by atoms with van der Waals surface area (Å²) in [5.74, 6) is -2.06. The van der Waals surface area contributed by atoms with Crippen LogP contribution in [0.1, 0.15) is 14.6 Å². The number of anilines is 2. The van der Waals surface area contributed by atoms with Gasteiger partial charge in [-0.2, -0.15) is 18.6 Å². The molecule has 0 radical (unpaired) electrons. The van der Waals surface area contributed by atoms with Crippen molar-refractivity contribution >= 4 is 17.3 Å². The van der Waals surface area contributed by atoms with Crippen LogP contribution >= 0.6 is 0 Å². The van der Waals surface area contributed by atoms with Crippen LogP contribution in [-0.2, 0) is 6.30 Å². The van der Waals surface area contributed by atoms with Gasteiger partial charge in [-0.15, -0.1) is 23.4 Å². The molecular weight excluding hydrogens is 417 g/mol. The molecule has 3 rings (SSSR count). The number of halogens is 5. The summed E-state index contributed by atoms with van der Waals surface area (Å²) in [4.78, 5) is 15.7. The Morgan fingerprint density at radius 3 is 2.73 bits per heavy atom. The molecule has 0 saturated heterocycles. The van der Waals surface area contributed by atoms with E-state index in [2.05, 4.69) is 30.3 Å². The molecule has 2 heterocycles. The number of ether oxygens (including phenoxy) is 1. The summed E-state index contributed by atoms with van der Waals surface area (Å²) < 4.78 is 89.5. The van der Waals surface area contributed by atoms with E-state index in [9.17, 15) is 26.7 Å². The minimum absolute atomic E-state index is 0.0765. The van der Waals surface area contributed by atoms with Crippen molar-refractivity contribution in [3.05, 3.63) is 42.5 Å². The van der Waals surface area contributed by atoms with E-state index >= 15 is 0 Å². The second-order valence-corrected chi connectivity index (χ2v) is 5.44. The summed E-state index contributed by atoms with van der Waals surface area (Å²) in [6.45, 7) is -6.14. The lowest BCUT2D eigenvalue weighted by molar-refractivity contribution is -0.212. The van der Waals surface area contributed by atoms with Crippen LogP contribution in [0, 0.1) is 0 Å². The van der Waals surface area contributed by atoms with E-state index in [0.717, 1.165) is 18.3 Å². The molecule has 0 fully saturated rings. The first-order chi connectivity index (χ1) is 15.3. The third-order valence-corrected chi connectivity index (χ3v) is 3.53. The molecule has 3 aromatic rings. The maximum absolute atomic E-state index is 12.9. The topological polar surface area (TPSA) is 107 Å². The molecule has 0 aliphatic heterocycles. The second kappa shape index (κ2) is 8.26. The van der Waals surface area contributed by atoms with Gasteiger partial charge in [0.15, 0.2) is 11.5 Å². The number of rotatable bonds is 6. The zero-order valence-electron chi connectivity index (χ0n) is 17.5. The smallest absolute Gasteiger partial charge is 0.433 e. The normalized spacial score (nSPS) is 13.3. The fraction of sp³-hybridized carbons (Fsp3) is 0.188. The van der Waals surface area contributed by atoms with Crippen LogP contribution in [-0.4, -0.2) is 44.5 Å². The molecule has 0 aliphatic rings. The number of carbonyl (C=O) groups excluding carboxylic acids is 1. The quantitative estimate of drug-likeness (QED) is 0.577. The lowest BCUT2D eigenvalue weighted by Crippen LogP contribution is -2.21. The van der Waals surface area contributed by atoms with E-state index in [0.29, 0.717) is 6.33 Å². The van der Waals surface area contributed by atoms with E-state index in [1.807, 2.05) is 0 Å². The minimum atomic E-state index is -4.82. The third-order valence-electron chi connectivity index (χ3n) is 3.53. The van der Waals surface area contributed by atoms with Crippen molar-refractivity contribution in [3.63, 3.8) is 0 Å². The first kappa shape index (κ1) is 17.1. The molecule has 2 N–H and O–H groups in total. The van der Waals surface area contributed by atoms with Crippen molar-refractivity contribution < 1.29 is 35.6 Å². The van der Waals surface area contributed by atoms with Gasteiger partial charge in [0.1, 0.15) is 12.1 Å². The highest BCUT2D eigenvalue weighted by Crippen LogP contribution is 2.34. The number of carbonyl (C=O) groups is 1. The van der Waals surface area contributed by atoms with Gasteiger partial charge in [-0.05, 0) is 24.3 Å². The van der Waals surface area contributed by atoms with Crippen molar-refractivity contribution in [3.8, 4) is 17.1 Å². The Labute approximate surface area is 169 Å². The molecule has 1 aromatic carbocycles. The molecular formula is C16H12F5N7O2. The van der Waals surface area contributed by atoms with Gasteiger partial charge in [0.2, 0.25) is 0 Å². The van der Waals surface area contributed by atoms with E-state index in [-0.39, 0.29) is 21.6 Å². The average Bonchev–Trinajstić information content (AvgIpc) is 3.19. The largest absolute Gasteiger partial charge is 0.505 e. The molecule has 0 unspecified atom stereocenters. The van der Waals surface area contributed by atoms with Crippen LogP contribution in [0.3, 0.4) is 0 Å². The number of hydrogen-bond acceptors (Lipinski definition) is 7. The Hall–Kier alpha value is -3.84. The molecule has 0 spiro atoms. The molecule has 0 saturated carbocycles. The Bertz CT molecular complexity index is 1150. The molecule has 30 heavy (non-hydrogen) atoms. The van der Waals surface area contributed by atoms with E-state index in [1.54, 1.807) is 5.32 Å². The predicted octanol–water partition coefficient (Wildman–Crippen LogP) is 2.92. The molecule has 158 valence electrons. The Morgan fingerprint density at radius 1 is 1.27 bits per heavy atom. The van der Waals surface area contributed by atoms with Crippen molar-refractivity contribution in [2.75, 3.05) is 12.3 Å². The Kier molecular flexibility index (Phi) is 4.70. The van der Waals surface area contributed by atoms with Gasteiger partial charge in [0.25, 0.3) is 5.91 Å². The van der Waals surface area contributed by atoms with Gasteiger partial charge in [-0.3, -0.25) is 4.79 Å². The molecule has 0 atom stereocenters. The van der Waals surface area contributed by atoms with Crippen LogP contribution < -0.4 is 15.4 Å². The van der Waals surface area contributed by atoms with Crippen molar-refractivity contribution in [1.29, 1.82) is 0 Å². The molecule has 9 nitrogen and oxygen atoms in total. The fourth-order valence-electron chi connectivity index (χ4n) is 2.28. The number of amides is 1. The number of hydrogen-bond donors (Lipinski definition) is 2. The first-order valence-corrected chi connectivity index (χ1v) is 7.83. The number of nitrogens with zero attached hydrogens (tertiary/aromatic N) is 5. The van der Waals surface area contributed by atoms with Crippen molar-refractivity contribution in [1.82, 2.24) is 30.3 Å². The van der Waals surface area contributed by atoms with Gasteiger partial charge in [-0.25, -0.2) is 4.98 Å². The molecule has 1 amide bonds. The maximum Gasteiger partial charge on any atom is 0.505 e. The molecule has 0 aliphatic carbocycles. The molecule has 0 bridgehead atoms. The SMILES string of the molecule is [2H]C([2H])([2H])NC(=O)c1nnccc1Nc1ccc(-c2ncn(C(F)(F)F)n2)cc1OC(F)F. The third kappa shape index (κ3) is 4.59. The van der Waals surface area contributed by atoms with Gasteiger partial charge in [0.05, 0.1) is 17.6 Å². The van der Waals surface area contributed by atoms with E-state index in [1.165, 1.54) is 12.1 Å². The zero-order valence-corrected chi connectivity index (χ0v) is 14.5. The highest BCUT2D eigenvalue weighted by Gasteiger charge is 2.32. The van der Waals surface area contributed by atoms with Crippen LogP contribution in [0.25, 0.3) is 11.4 Å². The van der Waals surface area contributed by atoms with E-state index < -0.39 is 43.1 Å². The second-order valence-electron chi connectivity index (χ2n) is 5.44. The van der Waals surface area contributed by atoms with Gasteiger partial charge < -0.3 is 15.4 Å². The van der Waals surface area contributed by atoms with Crippen molar-refractivity contribution in [2.45, 2.75) is 12.9 Å². The van der Waals surface area contributed by atoms with Crippen LogP contribution in [0.2, 0.25) is 0 Å². The molecule has 14 heteroatoms. The summed E-state index contributed by atoms with van der Waals surface area (Å²) in [7, 11) is 0. The van der Waals surface area contributed by atoms with Gasteiger partial charge in [-0.1, -0.05) is 0 Å². The van der Waals surface area contributed by atoms with Crippen molar-refractivity contribution in [2.24, 2.45) is 0 Å². The maximum atomic E-state index is 12.9. The minimum Gasteiger partial charge on any atom is -0.433 e. The number of benzene rings is 1. The van der Waals surface area contributed by atoms with Crippen LogP contribution in [0.5, 0.6) is 5.75 Å². The average molecular weight is 432 g/mol. The fourth-order valence-corrected chi connectivity index (χ4v) is 2.28. The summed E-state index contributed by atoms with van der Waals surface area (Å²) in [6.07, 6.45) is -3.27. The van der Waals surface area contributed by atoms with E-state index in [4.69, 9.17) is 4.11 Å². The summed E-state index contributed by atoms with van der Waals surface area (Å²) in [6, 6.07) is 4.55. The first-order valence-electron chi connectivity index (χ1n) is 9.33. The monoisotopic (exact) mass is 432 g/mol. The Balaban J connectivity index is 1.96. The number of aromatic nitrogens is 5. The van der Waals surface area contributed by atoms with Crippen LogP contribution in [0.15, 0.2) is 36.8 Å². The lowest BCUT2D eigenvalue weighted by atomic mass is 10.1. The standard InChI is InChI=1S/C16H12F5N7O2/c1-22-14(29)12-10(4-5-24-26-12)25-9-3-2-8(6-11(9)30-15(17)18)13-23-7-28(27-13)16(19,20)21/h2-7,15H,1H3,(H,22,29)(H,24,25)/i1D3. The Morgan fingerprint density at radius 2 is 2.07 bits per heavy atom.